The quantitative estimate of drug-likeness (QED) is 0.306. The second-order valence-corrected chi connectivity index (χ2v) is 8.17. The number of aryl methyl sites for hydroxylation is 1. The minimum Gasteiger partial charge on any atom is -0.493 e. The summed E-state index contributed by atoms with van der Waals surface area (Å²) in [6.45, 7) is 8.22. The summed E-state index contributed by atoms with van der Waals surface area (Å²) in [5.41, 5.74) is 6.00. The molecule has 5 nitrogen and oxygen atoms in total. The molecule has 0 N–H and O–H groups in total. The van der Waals surface area contributed by atoms with Crippen molar-refractivity contribution in [3.05, 3.63) is 107 Å². The highest BCUT2D eigenvalue weighted by Gasteiger charge is 2.28. The van der Waals surface area contributed by atoms with E-state index in [2.05, 4.69) is 42.9 Å². The summed E-state index contributed by atoms with van der Waals surface area (Å²) in [4.78, 5) is 13.1. The number of hydrogen-bond acceptors (Lipinski definition) is 4. The molecule has 0 fully saturated rings. The Bertz CT molecular complexity index is 1260. The molecule has 5 heteroatoms. The molecular formula is C29H28N2O3. The van der Waals surface area contributed by atoms with E-state index in [-0.39, 0.29) is 5.91 Å². The second-order valence-electron chi connectivity index (χ2n) is 8.17. The Kier molecular flexibility index (Phi) is 6.93. The smallest absolute Gasteiger partial charge is 0.280 e. The third kappa shape index (κ3) is 4.94. The highest BCUT2D eigenvalue weighted by Crippen LogP contribution is 2.35. The Labute approximate surface area is 200 Å². The van der Waals surface area contributed by atoms with E-state index in [9.17, 15) is 4.79 Å². The van der Waals surface area contributed by atoms with Crippen LogP contribution in [0.5, 0.6) is 11.5 Å². The van der Waals surface area contributed by atoms with Gasteiger partial charge in [0.25, 0.3) is 5.91 Å². The Morgan fingerprint density at radius 1 is 1.03 bits per heavy atom. The molecule has 1 aliphatic rings. The van der Waals surface area contributed by atoms with Crippen molar-refractivity contribution in [2.45, 2.75) is 26.9 Å². The molecule has 0 saturated heterocycles. The van der Waals surface area contributed by atoms with Gasteiger partial charge in [-0.15, -0.1) is 6.58 Å². The number of benzene rings is 3. The number of carbonyl (C=O) groups is 1. The van der Waals surface area contributed by atoms with Crippen molar-refractivity contribution in [3.63, 3.8) is 0 Å². The summed E-state index contributed by atoms with van der Waals surface area (Å²) >= 11 is 0. The first kappa shape index (κ1) is 23.1. The van der Waals surface area contributed by atoms with Crippen LogP contribution < -0.4 is 14.5 Å². The number of methoxy groups -OCH3 is 1. The molecule has 0 spiro atoms. The number of anilines is 1. The molecule has 1 aliphatic heterocycles. The van der Waals surface area contributed by atoms with Crippen LogP contribution in [0.2, 0.25) is 0 Å². The molecule has 3 aromatic rings. The summed E-state index contributed by atoms with van der Waals surface area (Å²) in [5.74, 6) is 1.13. The SMILES string of the molecule is C=CCc1cc(/C=C2/C(=O)N(c3ccccc3)N=C2C)cc(OC)c1OCc1ccc(C)cc1. The molecule has 0 unspecified atom stereocenters. The lowest BCUT2D eigenvalue weighted by molar-refractivity contribution is -0.114. The summed E-state index contributed by atoms with van der Waals surface area (Å²) < 4.78 is 11.9. The van der Waals surface area contributed by atoms with Crippen LogP contribution in [0.15, 0.2) is 90.1 Å². The van der Waals surface area contributed by atoms with Crippen molar-refractivity contribution in [2.24, 2.45) is 5.10 Å². The van der Waals surface area contributed by atoms with E-state index in [1.807, 2.05) is 61.5 Å². The molecule has 4 rings (SSSR count). The van der Waals surface area contributed by atoms with Gasteiger partial charge < -0.3 is 9.47 Å². The average molecular weight is 453 g/mol. The highest BCUT2D eigenvalue weighted by atomic mass is 16.5. The molecule has 0 radical (unpaired) electrons. The number of amides is 1. The number of carbonyl (C=O) groups excluding carboxylic acids is 1. The summed E-state index contributed by atoms with van der Waals surface area (Å²) in [5, 5.41) is 5.90. The average Bonchev–Trinajstić information content (AvgIpc) is 3.13. The minimum atomic E-state index is -0.160. The van der Waals surface area contributed by atoms with Crippen LogP contribution in [0.4, 0.5) is 5.69 Å². The van der Waals surface area contributed by atoms with Gasteiger partial charge in [-0.1, -0.05) is 54.1 Å². The summed E-state index contributed by atoms with van der Waals surface area (Å²) in [6, 6.07) is 21.5. The van der Waals surface area contributed by atoms with E-state index in [1.165, 1.54) is 10.6 Å². The van der Waals surface area contributed by atoms with Gasteiger partial charge in [-0.25, -0.2) is 0 Å². The van der Waals surface area contributed by atoms with Gasteiger partial charge in [0.1, 0.15) is 6.61 Å². The van der Waals surface area contributed by atoms with Gasteiger partial charge in [-0.3, -0.25) is 4.79 Å². The number of allylic oxidation sites excluding steroid dienone is 1. The zero-order valence-corrected chi connectivity index (χ0v) is 19.7. The number of ether oxygens (including phenoxy) is 2. The number of para-hydroxylation sites is 1. The molecule has 0 atom stereocenters. The van der Waals surface area contributed by atoms with E-state index in [4.69, 9.17) is 9.47 Å². The third-order valence-corrected chi connectivity index (χ3v) is 5.62. The van der Waals surface area contributed by atoms with Crippen LogP contribution in [0, 0.1) is 6.92 Å². The Morgan fingerprint density at radius 2 is 1.76 bits per heavy atom. The van der Waals surface area contributed by atoms with Crippen LogP contribution in [0.3, 0.4) is 0 Å². The monoisotopic (exact) mass is 452 g/mol. The molecule has 1 heterocycles. The molecule has 1 amide bonds. The van der Waals surface area contributed by atoms with Gasteiger partial charge in [0.15, 0.2) is 11.5 Å². The summed E-state index contributed by atoms with van der Waals surface area (Å²) in [7, 11) is 1.62. The highest BCUT2D eigenvalue weighted by molar-refractivity contribution is 6.32. The Hall–Kier alpha value is -4.12. The predicted octanol–water partition coefficient (Wildman–Crippen LogP) is 6.12. The van der Waals surface area contributed by atoms with Gasteiger partial charge in [0, 0.05) is 5.56 Å². The van der Waals surface area contributed by atoms with Crippen molar-refractivity contribution in [1.29, 1.82) is 0 Å². The first-order valence-electron chi connectivity index (χ1n) is 11.2. The van der Waals surface area contributed by atoms with Crippen LogP contribution in [0.1, 0.15) is 29.2 Å². The topological polar surface area (TPSA) is 51.1 Å². The van der Waals surface area contributed by atoms with Crippen LogP contribution in [-0.2, 0) is 17.8 Å². The van der Waals surface area contributed by atoms with Crippen molar-refractivity contribution < 1.29 is 14.3 Å². The van der Waals surface area contributed by atoms with Gasteiger partial charge >= 0.3 is 0 Å². The van der Waals surface area contributed by atoms with Crippen molar-refractivity contribution in [3.8, 4) is 11.5 Å². The van der Waals surface area contributed by atoms with Crippen molar-refractivity contribution >= 4 is 23.4 Å². The molecule has 34 heavy (non-hydrogen) atoms. The number of hydrazone groups is 1. The van der Waals surface area contributed by atoms with Gasteiger partial charge in [0.2, 0.25) is 0 Å². The van der Waals surface area contributed by atoms with Gasteiger partial charge in [0.05, 0.1) is 24.1 Å². The maximum absolute atomic E-state index is 13.1. The number of rotatable bonds is 8. The number of hydrogen-bond donors (Lipinski definition) is 0. The van der Waals surface area contributed by atoms with E-state index >= 15 is 0 Å². The second kappa shape index (κ2) is 10.2. The lowest BCUT2D eigenvalue weighted by Crippen LogP contribution is -2.21. The van der Waals surface area contributed by atoms with E-state index in [0.717, 1.165) is 22.4 Å². The first-order valence-corrected chi connectivity index (χ1v) is 11.2. The van der Waals surface area contributed by atoms with Gasteiger partial charge in [-0.05, 0) is 61.7 Å². The van der Waals surface area contributed by atoms with Crippen LogP contribution >= 0.6 is 0 Å². The molecule has 0 aliphatic carbocycles. The zero-order chi connectivity index (χ0) is 24.1. The van der Waals surface area contributed by atoms with E-state index < -0.39 is 0 Å². The summed E-state index contributed by atoms with van der Waals surface area (Å²) in [6.07, 6.45) is 4.28. The van der Waals surface area contributed by atoms with E-state index in [1.54, 1.807) is 7.11 Å². The molecule has 0 saturated carbocycles. The van der Waals surface area contributed by atoms with Gasteiger partial charge in [-0.2, -0.15) is 10.1 Å². The molecule has 0 bridgehead atoms. The molecule has 172 valence electrons. The van der Waals surface area contributed by atoms with Crippen molar-refractivity contribution in [2.75, 3.05) is 12.1 Å². The lowest BCUT2D eigenvalue weighted by Gasteiger charge is -2.16. The lowest BCUT2D eigenvalue weighted by atomic mass is 10.0. The van der Waals surface area contributed by atoms with Crippen LogP contribution in [0.25, 0.3) is 6.08 Å². The minimum absolute atomic E-state index is 0.160. The molecular weight excluding hydrogens is 424 g/mol. The standard InChI is InChI=1S/C29H28N2O3/c1-5-9-24-16-23(17-26-21(3)30-31(29(26)32)25-10-7-6-8-11-25)18-27(33-4)28(24)34-19-22-14-12-20(2)13-15-22/h5-8,10-18H,1,9,19H2,2-4H3/b26-17+. The normalized spacial score (nSPS) is 14.3. The van der Waals surface area contributed by atoms with Crippen molar-refractivity contribution in [1.82, 2.24) is 0 Å². The zero-order valence-electron chi connectivity index (χ0n) is 19.7. The first-order chi connectivity index (χ1) is 16.5. The van der Waals surface area contributed by atoms with E-state index in [0.29, 0.717) is 35.8 Å². The fourth-order valence-corrected chi connectivity index (χ4v) is 3.82. The largest absolute Gasteiger partial charge is 0.493 e. The Morgan fingerprint density at radius 3 is 2.44 bits per heavy atom. The Balaban J connectivity index is 1.65. The molecule has 0 aromatic heterocycles. The molecule has 3 aromatic carbocycles. The fourth-order valence-electron chi connectivity index (χ4n) is 3.82. The predicted molar refractivity (Wildman–Crippen MR) is 137 cm³/mol. The maximum atomic E-state index is 13.1. The van der Waals surface area contributed by atoms with Crippen LogP contribution in [-0.4, -0.2) is 18.7 Å². The third-order valence-electron chi connectivity index (χ3n) is 5.62. The maximum Gasteiger partial charge on any atom is 0.280 e. The fraction of sp³-hybridized carbons (Fsp3) is 0.172. The number of nitrogens with zero attached hydrogens (tertiary/aromatic N) is 2.